The molecule has 3 N–H and O–H groups in total. The van der Waals surface area contributed by atoms with Gasteiger partial charge in [0.15, 0.2) is 5.11 Å². The van der Waals surface area contributed by atoms with Gasteiger partial charge >= 0.3 is 0 Å². The van der Waals surface area contributed by atoms with Gasteiger partial charge in [0.25, 0.3) is 0 Å². The molecule has 0 saturated heterocycles. The van der Waals surface area contributed by atoms with Gasteiger partial charge < -0.3 is 20.3 Å². The highest BCUT2D eigenvalue weighted by atomic mass is 32.1. The van der Waals surface area contributed by atoms with Gasteiger partial charge in [0.1, 0.15) is 11.8 Å². The first-order valence-corrected chi connectivity index (χ1v) is 8.50. The Bertz CT molecular complexity index is 629. The number of rotatable bonds is 7. The van der Waals surface area contributed by atoms with Crippen LogP contribution in [0.5, 0.6) is 5.75 Å². The molecule has 0 heterocycles. The van der Waals surface area contributed by atoms with E-state index in [2.05, 4.69) is 49.0 Å². The Hall–Kier alpha value is -2.11. The average molecular weight is 345 g/mol. The Balaban J connectivity index is 1.87. The molecule has 0 spiro atoms. The molecule has 0 aliphatic heterocycles. The van der Waals surface area contributed by atoms with Crippen molar-refractivity contribution in [1.29, 1.82) is 0 Å². The topological polar surface area (TPSA) is 37.7 Å². The molecule has 4 nitrogen and oxygen atoms in total. The minimum Gasteiger partial charge on any atom is -0.497 e. The SMILES string of the molecule is COc1ccc([C@@H](CNC(=S)NCc2ccccc2)[NH+](C)C)cc1. The second-order valence-electron chi connectivity index (χ2n) is 5.95. The third-order valence-corrected chi connectivity index (χ3v) is 4.27. The molecular formula is C19H26N3OS+. The van der Waals surface area contributed by atoms with E-state index in [9.17, 15) is 0 Å². The van der Waals surface area contributed by atoms with Gasteiger partial charge in [0.05, 0.1) is 27.7 Å². The van der Waals surface area contributed by atoms with E-state index >= 15 is 0 Å². The number of quaternary nitrogens is 1. The lowest BCUT2D eigenvalue weighted by Gasteiger charge is -2.23. The first-order valence-electron chi connectivity index (χ1n) is 8.09. The van der Waals surface area contributed by atoms with Crippen LogP contribution < -0.4 is 20.3 Å². The van der Waals surface area contributed by atoms with Gasteiger partial charge in [-0.3, -0.25) is 0 Å². The molecule has 1 atom stereocenters. The van der Waals surface area contributed by atoms with Crippen LogP contribution in [0.1, 0.15) is 17.2 Å². The summed E-state index contributed by atoms with van der Waals surface area (Å²) in [6.07, 6.45) is 0. The summed E-state index contributed by atoms with van der Waals surface area (Å²) >= 11 is 5.40. The molecule has 0 unspecified atom stereocenters. The molecule has 24 heavy (non-hydrogen) atoms. The van der Waals surface area contributed by atoms with Crippen LogP contribution in [0, 0.1) is 0 Å². The van der Waals surface area contributed by atoms with Crippen molar-refractivity contribution < 1.29 is 9.64 Å². The predicted molar refractivity (Wildman–Crippen MR) is 102 cm³/mol. The summed E-state index contributed by atoms with van der Waals surface area (Å²) in [5.41, 5.74) is 2.47. The Morgan fingerprint density at radius 2 is 1.71 bits per heavy atom. The minimum atomic E-state index is 0.312. The maximum atomic E-state index is 5.40. The van der Waals surface area contributed by atoms with Crippen molar-refractivity contribution in [3.05, 3.63) is 65.7 Å². The zero-order valence-electron chi connectivity index (χ0n) is 14.5. The summed E-state index contributed by atoms with van der Waals surface area (Å²) in [5.74, 6) is 0.874. The van der Waals surface area contributed by atoms with Gasteiger partial charge in [0.2, 0.25) is 0 Å². The fourth-order valence-electron chi connectivity index (χ4n) is 2.53. The molecule has 0 aliphatic rings. The van der Waals surface area contributed by atoms with Crippen LogP contribution in [0.3, 0.4) is 0 Å². The number of likely N-dealkylation sites (N-methyl/N-ethyl adjacent to an activating group) is 1. The highest BCUT2D eigenvalue weighted by Gasteiger charge is 2.18. The van der Waals surface area contributed by atoms with Gasteiger partial charge in [-0.2, -0.15) is 0 Å². The third kappa shape index (κ3) is 5.51. The third-order valence-electron chi connectivity index (χ3n) is 3.98. The van der Waals surface area contributed by atoms with Crippen molar-refractivity contribution in [2.45, 2.75) is 12.6 Å². The largest absolute Gasteiger partial charge is 0.497 e. The first kappa shape index (κ1) is 18.2. The smallest absolute Gasteiger partial charge is 0.166 e. The molecule has 2 aromatic rings. The summed E-state index contributed by atoms with van der Waals surface area (Å²) in [7, 11) is 5.98. The molecule has 0 aromatic heterocycles. The van der Waals surface area contributed by atoms with Gasteiger partial charge in [-0.05, 0) is 42.0 Å². The van der Waals surface area contributed by atoms with Crippen LogP contribution in [0.15, 0.2) is 54.6 Å². The fraction of sp³-hybridized carbons (Fsp3) is 0.316. The molecule has 2 aromatic carbocycles. The predicted octanol–water partition coefficient (Wildman–Crippen LogP) is 1.55. The fourth-order valence-corrected chi connectivity index (χ4v) is 2.68. The highest BCUT2D eigenvalue weighted by Crippen LogP contribution is 2.15. The van der Waals surface area contributed by atoms with E-state index in [0.29, 0.717) is 11.2 Å². The molecule has 0 radical (unpaired) electrons. The van der Waals surface area contributed by atoms with Crippen molar-refractivity contribution in [2.75, 3.05) is 27.7 Å². The summed E-state index contributed by atoms with van der Waals surface area (Å²) in [6.45, 7) is 1.50. The van der Waals surface area contributed by atoms with E-state index < -0.39 is 0 Å². The molecule has 0 fully saturated rings. The zero-order valence-corrected chi connectivity index (χ0v) is 15.3. The van der Waals surface area contributed by atoms with E-state index in [4.69, 9.17) is 17.0 Å². The number of hydrogen-bond donors (Lipinski definition) is 3. The van der Waals surface area contributed by atoms with Crippen molar-refractivity contribution >= 4 is 17.3 Å². The molecule has 5 heteroatoms. The normalized spacial score (nSPS) is 11.8. The second-order valence-corrected chi connectivity index (χ2v) is 6.36. The minimum absolute atomic E-state index is 0.312. The van der Waals surface area contributed by atoms with Crippen LogP contribution in [0.25, 0.3) is 0 Å². The molecule has 0 amide bonds. The number of hydrogen-bond acceptors (Lipinski definition) is 2. The maximum absolute atomic E-state index is 5.40. The highest BCUT2D eigenvalue weighted by molar-refractivity contribution is 7.80. The van der Waals surface area contributed by atoms with Crippen LogP contribution >= 0.6 is 12.2 Å². The lowest BCUT2D eigenvalue weighted by atomic mass is 10.1. The molecule has 2 rings (SSSR count). The maximum Gasteiger partial charge on any atom is 0.166 e. The second kappa shape index (κ2) is 9.25. The van der Waals surface area contributed by atoms with Crippen LogP contribution in [0.4, 0.5) is 0 Å². The Labute approximate surface area is 149 Å². The molecule has 0 bridgehead atoms. The van der Waals surface area contributed by atoms with Crippen molar-refractivity contribution in [1.82, 2.24) is 10.6 Å². The molecule has 128 valence electrons. The Kier molecular flexibility index (Phi) is 7.03. The van der Waals surface area contributed by atoms with E-state index in [-0.39, 0.29) is 0 Å². The number of nitrogens with one attached hydrogen (secondary N) is 3. The van der Waals surface area contributed by atoms with Crippen LogP contribution in [0.2, 0.25) is 0 Å². The van der Waals surface area contributed by atoms with Gasteiger partial charge in [-0.15, -0.1) is 0 Å². The average Bonchev–Trinajstić information content (AvgIpc) is 2.61. The van der Waals surface area contributed by atoms with E-state index in [0.717, 1.165) is 18.8 Å². The quantitative estimate of drug-likeness (QED) is 0.666. The monoisotopic (exact) mass is 344 g/mol. The van der Waals surface area contributed by atoms with Crippen molar-refractivity contribution in [3.8, 4) is 5.75 Å². The number of ether oxygens (including phenoxy) is 1. The first-order chi connectivity index (χ1) is 11.6. The number of benzene rings is 2. The van der Waals surface area contributed by atoms with Crippen LogP contribution in [-0.2, 0) is 6.54 Å². The number of methoxy groups -OCH3 is 1. The standard InChI is InChI=1S/C19H25N3OS/c1-22(2)18(16-9-11-17(23-3)12-10-16)14-21-19(24)20-13-15-7-5-4-6-8-15/h4-12,18H,13-14H2,1-3H3,(H2,20,21,24)/p+1/t18-/m1/s1. The lowest BCUT2D eigenvalue weighted by molar-refractivity contribution is -0.890. The number of thiocarbonyl (C=S) groups is 1. The van der Waals surface area contributed by atoms with Crippen LogP contribution in [-0.4, -0.2) is 32.9 Å². The van der Waals surface area contributed by atoms with E-state index in [1.54, 1.807) is 7.11 Å². The van der Waals surface area contributed by atoms with E-state index in [1.807, 2.05) is 30.3 Å². The van der Waals surface area contributed by atoms with Gasteiger partial charge in [0, 0.05) is 12.1 Å². The molecular weight excluding hydrogens is 318 g/mol. The summed E-state index contributed by atoms with van der Waals surface area (Å²) in [6, 6.07) is 18.8. The Morgan fingerprint density at radius 3 is 2.29 bits per heavy atom. The van der Waals surface area contributed by atoms with Crippen molar-refractivity contribution in [2.24, 2.45) is 0 Å². The summed E-state index contributed by atoms with van der Waals surface area (Å²) in [5, 5.41) is 7.26. The summed E-state index contributed by atoms with van der Waals surface area (Å²) in [4.78, 5) is 1.35. The van der Waals surface area contributed by atoms with E-state index in [1.165, 1.54) is 16.0 Å². The lowest BCUT2D eigenvalue weighted by Crippen LogP contribution is -3.07. The molecule has 0 saturated carbocycles. The van der Waals surface area contributed by atoms with Gasteiger partial charge in [-0.1, -0.05) is 30.3 Å². The van der Waals surface area contributed by atoms with Crippen molar-refractivity contribution in [3.63, 3.8) is 0 Å². The van der Waals surface area contributed by atoms with Gasteiger partial charge in [-0.25, -0.2) is 0 Å². The zero-order chi connectivity index (χ0) is 17.4. The summed E-state index contributed by atoms with van der Waals surface area (Å²) < 4.78 is 5.23. The molecule has 0 aliphatic carbocycles. The Morgan fingerprint density at radius 1 is 1.04 bits per heavy atom.